The van der Waals surface area contributed by atoms with Gasteiger partial charge in [0.15, 0.2) is 0 Å². The minimum absolute atomic E-state index is 0.0382. The van der Waals surface area contributed by atoms with Gasteiger partial charge in [-0.25, -0.2) is 8.42 Å². The number of nitro benzene ring substituents is 1. The molecule has 3 rings (SSSR count). The Bertz CT molecular complexity index is 1250. The van der Waals surface area contributed by atoms with Gasteiger partial charge in [0, 0.05) is 22.7 Å². The highest BCUT2D eigenvalue weighted by atomic mass is 35.5. The molecule has 3 aromatic carbocycles. The highest BCUT2D eigenvalue weighted by Gasteiger charge is 2.23. The minimum atomic E-state index is -4.23. The summed E-state index contributed by atoms with van der Waals surface area (Å²) in [7, 11) is -2.83. The van der Waals surface area contributed by atoms with Crippen LogP contribution in [0.3, 0.4) is 0 Å². The molecule has 0 aromatic heterocycles. The molecule has 0 aliphatic rings. The summed E-state index contributed by atoms with van der Waals surface area (Å²) in [5.74, 6) is 0.294. The fourth-order valence-electron chi connectivity index (χ4n) is 2.62. The first-order valence-corrected chi connectivity index (χ1v) is 10.7. The number of nitro groups is 1. The number of rotatable bonds is 8. The van der Waals surface area contributed by atoms with E-state index >= 15 is 0 Å². The fourth-order valence-corrected chi connectivity index (χ4v) is 4.05. The monoisotopic (exact) mass is 460 g/mol. The van der Waals surface area contributed by atoms with E-state index in [1.807, 2.05) is 0 Å². The Kier molecular flexibility index (Phi) is 6.73. The number of hydrogen-bond acceptors (Lipinski definition) is 7. The third kappa shape index (κ3) is 5.30. The van der Waals surface area contributed by atoms with E-state index < -0.39 is 14.9 Å². The van der Waals surface area contributed by atoms with E-state index in [9.17, 15) is 18.5 Å². The lowest BCUT2D eigenvalue weighted by molar-refractivity contribution is -0.385. The topological polar surface area (TPSA) is 123 Å². The van der Waals surface area contributed by atoms with Crippen LogP contribution in [0.2, 0.25) is 5.02 Å². The zero-order valence-electron chi connectivity index (χ0n) is 16.2. The summed E-state index contributed by atoms with van der Waals surface area (Å²) in [6.07, 6.45) is 1.41. The van der Waals surface area contributed by atoms with Gasteiger partial charge in [-0.3, -0.25) is 20.3 Å². The first-order chi connectivity index (χ1) is 14.8. The molecule has 31 heavy (non-hydrogen) atoms. The molecule has 0 saturated carbocycles. The van der Waals surface area contributed by atoms with Gasteiger partial charge in [0.25, 0.3) is 15.7 Å². The maximum Gasteiger partial charge on any atom is 0.270 e. The fraction of sp³-hybridized carbons (Fsp3) is 0.0500. The van der Waals surface area contributed by atoms with Gasteiger partial charge >= 0.3 is 0 Å². The summed E-state index contributed by atoms with van der Waals surface area (Å²) in [4.78, 5) is 10.2. The molecular formula is C20H17ClN4O5S. The standard InChI is InChI=1S/C20H17ClN4O5S/c1-30-19-9-5-4-8-17(19)24-31(28,29)20-12-15(25(26)27)10-11-18(20)23-22-13-14-6-2-3-7-16(14)21/h2-13,23-24H,1H3/b22-13+. The molecule has 0 atom stereocenters. The predicted molar refractivity (Wildman–Crippen MR) is 120 cm³/mol. The van der Waals surface area contributed by atoms with Crippen LogP contribution < -0.4 is 14.9 Å². The Morgan fingerprint density at radius 3 is 2.48 bits per heavy atom. The van der Waals surface area contributed by atoms with E-state index in [1.54, 1.807) is 42.5 Å². The van der Waals surface area contributed by atoms with Crippen LogP contribution in [0.15, 0.2) is 76.7 Å². The summed E-state index contributed by atoms with van der Waals surface area (Å²) in [5, 5.41) is 15.7. The molecule has 9 nitrogen and oxygen atoms in total. The Labute approximate surface area is 183 Å². The van der Waals surface area contributed by atoms with Crippen LogP contribution in [-0.2, 0) is 10.0 Å². The lowest BCUT2D eigenvalue weighted by atomic mass is 10.2. The number of para-hydroxylation sites is 2. The molecule has 0 unspecified atom stereocenters. The highest BCUT2D eigenvalue weighted by Crippen LogP contribution is 2.31. The van der Waals surface area contributed by atoms with Crippen LogP contribution in [-0.4, -0.2) is 26.7 Å². The van der Waals surface area contributed by atoms with Gasteiger partial charge in [-0.2, -0.15) is 5.10 Å². The third-order valence-corrected chi connectivity index (χ3v) is 5.86. The Morgan fingerprint density at radius 2 is 1.77 bits per heavy atom. The van der Waals surface area contributed by atoms with Gasteiger partial charge in [0.2, 0.25) is 0 Å². The number of sulfonamides is 1. The van der Waals surface area contributed by atoms with Crippen LogP contribution in [0, 0.1) is 10.1 Å². The van der Waals surface area contributed by atoms with Crippen molar-refractivity contribution in [2.45, 2.75) is 4.90 Å². The summed E-state index contributed by atoms with van der Waals surface area (Å²) < 4.78 is 33.6. The van der Waals surface area contributed by atoms with Gasteiger partial charge < -0.3 is 4.74 Å². The molecule has 11 heteroatoms. The number of hydrazone groups is 1. The summed E-state index contributed by atoms with van der Waals surface area (Å²) in [5.41, 5.74) is 3.05. The number of nitrogens with one attached hydrogen (secondary N) is 2. The van der Waals surface area contributed by atoms with Crippen molar-refractivity contribution in [3.05, 3.63) is 87.4 Å². The van der Waals surface area contributed by atoms with Crippen molar-refractivity contribution in [3.63, 3.8) is 0 Å². The van der Waals surface area contributed by atoms with Crippen molar-refractivity contribution in [2.24, 2.45) is 5.10 Å². The molecule has 0 heterocycles. The van der Waals surface area contributed by atoms with Crippen molar-refractivity contribution >= 4 is 44.9 Å². The number of methoxy groups -OCH3 is 1. The van der Waals surface area contributed by atoms with E-state index in [4.69, 9.17) is 16.3 Å². The van der Waals surface area contributed by atoms with Gasteiger partial charge in [0.05, 0.1) is 29.6 Å². The molecule has 160 valence electrons. The number of halogens is 1. The van der Waals surface area contributed by atoms with Crippen LogP contribution in [0.25, 0.3) is 0 Å². The zero-order chi connectivity index (χ0) is 22.4. The predicted octanol–water partition coefficient (Wildman–Crippen LogP) is 4.50. The van der Waals surface area contributed by atoms with E-state index in [2.05, 4.69) is 15.2 Å². The third-order valence-electron chi connectivity index (χ3n) is 4.11. The second-order valence-corrected chi connectivity index (χ2v) is 8.19. The lowest BCUT2D eigenvalue weighted by Crippen LogP contribution is -2.15. The summed E-state index contributed by atoms with van der Waals surface area (Å²) >= 11 is 6.07. The molecule has 0 fully saturated rings. The second kappa shape index (κ2) is 9.45. The highest BCUT2D eigenvalue weighted by molar-refractivity contribution is 7.93. The van der Waals surface area contributed by atoms with Crippen LogP contribution in [0.5, 0.6) is 5.75 Å². The summed E-state index contributed by atoms with van der Waals surface area (Å²) in [6.45, 7) is 0. The largest absolute Gasteiger partial charge is 0.495 e. The first-order valence-electron chi connectivity index (χ1n) is 8.79. The minimum Gasteiger partial charge on any atom is -0.495 e. The second-order valence-electron chi connectivity index (χ2n) is 6.13. The number of ether oxygens (including phenoxy) is 1. The zero-order valence-corrected chi connectivity index (χ0v) is 17.7. The van der Waals surface area contributed by atoms with Crippen molar-refractivity contribution in [2.75, 3.05) is 17.3 Å². The normalized spacial score (nSPS) is 11.3. The van der Waals surface area contributed by atoms with E-state index in [1.165, 1.54) is 31.5 Å². The van der Waals surface area contributed by atoms with Crippen molar-refractivity contribution in [3.8, 4) is 5.75 Å². The molecule has 0 spiro atoms. The van der Waals surface area contributed by atoms with E-state index in [0.717, 1.165) is 6.07 Å². The van der Waals surface area contributed by atoms with Crippen LogP contribution in [0.1, 0.15) is 5.56 Å². The Balaban J connectivity index is 1.98. The number of non-ortho nitro benzene ring substituents is 1. The van der Waals surface area contributed by atoms with Crippen molar-refractivity contribution in [1.82, 2.24) is 0 Å². The SMILES string of the molecule is COc1ccccc1NS(=O)(=O)c1cc([N+](=O)[O-])ccc1N/N=C/c1ccccc1Cl. The van der Waals surface area contributed by atoms with Crippen LogP contribution in [0.4, 0.5) is 17.1 Å². The smallest absolute Gasteiger partial charge is 0.270 e. The Morgan fingerprint density at radius 1 is 1.06 bits per heavy atom. The molecule has 0 aliphatic carbocycles. The van der Waals surface area contributed by atoms with Gasteiger partial charge in [-0.05, 0) is 24.3 Å². The lowest BCUT2D eigenvalue weighted by Gasteiger charge is -2.14. The molecule has 2 N–H and O–H groups in total. The Hall–Kier alpha value is -3.63. The summed E-state index contributed by atoms with van der Waals surface area (Å²) in [6, 6.07) is 16.7. The molecule has 0 bridgehead atoms. The van der Waals surface area contributed by atoms with E-state index in [-0.39, 0.29) is 22.0 Å². The molecular weight excluding hydrogens is 444 g/mol. The number of benzene rings is 3. The molecule has 0 radical (unpaired) electrons. The average Bonchev–Trinajstić information content (AvgIpc) is 2.75. The van der Waals surface area contributed by atoms with E-state index in [0.29, 0.717) is 16.3 Å². The molecule has 0 saturated heterocycles. The van der Waals surface area contributed by atoms with Crippen molar-refractivity contribution < 1.29 is 18.1 Å². The number of nitrogens with zero attached hydrogens (tertiary/aromatic N) is 2. The van der Waals surface area contributed by atoms with Crippen LogP contribution >= 0.6 is 11.6 Å². The maximum absolute atomic E-state index is 13.1. The van der Waals surface area contributed by atoms with Gasteiger partial charge in [-0.15, -0.1) is 0 Å². The maximum atomic E-state index is 13.1. The van der Waals surface area contributed by atoms with Crippen molar-refractivity contribution in [1.29, 1.82) is 0 Å². The number of anilines is 2. The molecule has 0 amide bonds. The molecule has 0 aliphatic heterocycles. The van der Waals surface area contributed by atoms with Gasteiger partial charge in [-0.1, -0.05) is 41.9 Å². The molecule has 3 aromatic rings. The first kappa shape index (κ1) is 22.1. The quantitative estimate of drug-likeness (QED) is 0.290. The number of hydrogen-bond donors (Lipinski definition) is 2. The average molecular weight is 461 g/mol. The van der Waals surface area contributed by atoms with Gasteiger partial charge in [0.1, 0.15) is 10.6 Å².